The molecule has 22 heavy (non-hydrogen) atoms. The first-order chi connectivity index (χ1) is 10.2. The molecule has 0 heterocycles. The third-order valence-corrected chi connectivity index (χ3v) is 3.98. The number of rotatable bonds is 4. The highest BCUT2D eigenvalue weighted by atomic mass is 32.2. The zero-order chi connectivity index (χ0) is 16.5. The van der Waals surface area contributed by atoms with Gasteiger partial charge in [0.05, 0.1) is 15.5 Å². The first-order valence-electron chi connectivity index (χ1n) is 5.62. The Morgan fingerprint density at radius 2 is 1.59 bits per heavy atom. The fourth-order valence-corrected chi connectivity index (χ4v) is 2.63. The Hall–Kier alpha value is -2.62. The number of anilines is 1. The third kappa shape index (κ3) is 3.17. The summed E-state index contributed by atoms with van der Waals surface area (Å²) in [5.74, 6) is -3.44. The molecule has 0 fully saturated rings. The fourth-order valence-electron chi connectivity index (χ4n) is 1.57. The van der Waals surface area contributed by atoms with Gasteiger partial charge in [-0.3, -0.25) is 14.8 Å². The molecule has 10 heteroatoms. The Morgan fingerprint density at radius 3 is 2.14 bits per heavy atom. The van der Waals surface area contributed by atoms with E-state index in [9.17, 15) is 31.7 Å². The number of benzene rings is 2. The highest BCUT2D eigenvalue weighted by Crippen LogP contribution is 2.27. The van der Waals surface area contributed by atoms with Crippen LogP contribution in [0, 0.1) is 27.6 Å². The molecule has 0 aliphatic rings. The maximum atomic E-state index is 13.6. The van der Waals surface area contributed by atoms with Crippen molar-refractivity contribution in [1.82, 2.24) is 0 Å². The Morgan fingerprint density at radius 1 is 1.00 bits per heavy atom. The zero-order valence-corrected chi connectivity index (χ0v) is 11.4. The summed E-state index contributed by atoms with van der Waals surface area (Å²) in [5, 5.41) is 10.6. The molecule has 0 aliphatic heterocycles. The lowest BCUT2D eigenvalue weighted by Crippen LogP contribution is -2.14. The largest absolute Gasteiger partial charge is 0.307 e. The van der Waals surface area contributed by atoms with E-state index in [4.69, 9.17) is 0 Å². The highest BCUT2D eigenvalue weighted by molar-refractivity contribution is 7.92. The third-order valence-electron chi connectivity index (χ3n) is 2.60. The van der Waals surface area contributed by atoms with Crippen molar-refractivity contribution in [1.29, 1.82) is 0 Å². The quantitative estimate of drug-likeness (QED) is 0.689. The molecule has 0 atom stereocenters. The maximum absolute atomic E-state index is 13.6. The van der Waals surface area contributed by atoms with Crippen LogP contribution < -0.4 is 4.72 Å². The van der Waals surface area contributed by atoms with Crippen molar-refractivity contribution in [2.24, 2.45) is 0 Å². The Kier molecular flexibility index (Phi) is 4.04. The average molecular weight is 332 g/mol. The SMILES string of the molecule is O=[N+]([O-])c1cc(NS(=O)(=O)c2ccc(F)cc2)c(F)cc1F. The first kappa shape index (κ1) is 15.8. The van der Waals surface area contributed by atoms with Gasteiger partial charge in [-0.1, -0.05) is 0 Å². The van der Waals surface area contributed by atoms with E-state index >= 15 is 0 Å². The summed E-state index contributed by atoms with van der Waals surface area (Å²) in [6, 6.07) is 4.21. The summed E-state index contributed by atoms with van der Waals surface area (Å²) >= 11 is 0. The number of hydrogen-bond acceptors (Lipinski definition) is 4. The number of nitrogens with one attached hydrogen (secondary N) is 1. The Labute approximate surface area is 122 Å². The number of hydrogen-bond donors (Lipinski definition) is 1. The van der Waals surface area contributed by atoms with Crippen LogP contribution in [-0.2, 0) is 10.0 Å². The van der Waals surface area contributed by atoms with Crippen molar-refractivity contribution < 1.29 is 26.5 Å². The van der Waals surface area contributed by atoms with Gasteiger partial charge in [0.25, 0.3) is 10.0 Å². The average Bonchev–Trinajstić information content (AvgIpc) is 2.41. The van der Waals surface area contributed by atoms with Crippen LogP contribution in [0.4, 0.5) is 24.5 Å². The molecule has 6 nitrogen and oxygen atoms in total. The van der Waals surface area contributed by atoms with E-state index in [0.29, 0.717) is 6.07 Å². The number of halogens is 3. The predicted octanol–water partition coefficient (Wildman–Crippen LogP) is 2.81. The van der Waals surface area contributed by atoms with E-state index in [-0.39, 0.29) is 11.0 Å². The predicted molar refractivity (Wildman–Crippen MR) is 70.2 cm³/mol. The van der Waals surface area contributed by atoms with Crippen LogP contribution in [0.2, 0.25) is 0 Å². The van der Waals surface area contributed by atoms with Crippen LogP contribution >= 0.6 is 0 Å². The smallest absolute Gasteiger partial charge is 0.276 e. The molecule has 2 rings (SSSR count). The van der Waals surface area contributed by atoms with Gasteiger partial charge in [-0.25, -0.2) is 17.2 Å². The summed E-state index contributed by atoms with van der Waals surface area (Å²) in [7, 11) is -4.31. The second kappa shape index (κ2) is 5.64. The Bertz CT molecular complexity index is 838. The number of nitro groups is 1. The second-order valence-electron chi connectivity index (χ2n) is 4.10. The van der Waals surface area contributed by atoms with Crippen molar-refractivity contribution >= 4 is 21.4 Å². The van der Waals surface area contributed by atoms with Gasteiger partial charge in [-0.2, -0.15) is 4.39 Å². The molecule has 0 amide bonds. The molecule has 0 aromatic heterocycles. The van der Waals surface area contributed by atoms with Gasteiger partial charge in [-0.05, 0) is 24.3 Å². The van der Waals surface area contributed by atoms with Crippen LogP contribution in [0.5, 0.6) is 0 Å². The molecule has 0 bridgehead atoms. The van der Waals surface area contributed by atoms with Gasteiger partial charge in [0.15, 0.2) is 5.82 Å². The van der Waals surface area contributed by atoms with Crippen molar-refractivity contribution in [3.05, 3.63) is 64.0 Å². The van der Waals surface area contributed by atoms with Gasteiger partial charge in [0.2, 0.25) is 5.82 Å². The van der Waals surface area contributed by atoms with E-state index < -0.39 is 43.8 Å². The van der Waals surface area contributed by atoms with Crippen LogP contribution in [0.15, 0.2) is 41.3 Å². The lowest BCUT2D eigenvalue weighted by molar-refractivity contribution is -0.387. The Balaban J connectivity index is 2.43. The molecule has 0 saturated heterocycles. The molecular formula is C12H7F3N2O4S. The highest BCUT2D eigenvalue weighted by Gasteiger charge is 2.22. The number of sulfonamides is 1. The monoisotopic (exact) mass is 332 g/mol. The topological polar surface area (TPSA) is 89.3 Å². The molecule has 0 aliphatic carbocycles. The molecule has 0 unspecified atom stereocenters. The standard InChI is InChI=1S/C12H7F3N2O4S/c13-7-1-3-8(4-2-7)22(20,21)16-11-6-12(17(18)19)10(15)5-9(11)14/h1-6,16H. The van der Waals surface area contributed by atoms with Gasteiger partial charge >= 0.3 is 5.69 Å². The van der Waals surface area contributed by atoms with Crippen molar-refractivity contribution in [3.63, 3.8) is 0 Å². The van der Waals surface area contributed by atoms with Gasteiger partial charge < -0.3 is 0 Å². The normalized spacial score (nSPS) is 11.2. The minimum absolute atomic E-state index is 0.195. The molecule has 1 N–H and O–H groups in total. The molecule has 0 saturated carbocycles. The van der Waals surface area contributed by atoms with Crippen LogP contribution in [0.25, 0.3) is 0 Å². The molecular weight excluding hydrogens is 325 g/mol. The summed E-state index contributed by atoms with van der Waals surface area (Å²) in [5.41, 5.74) is -1.88. The molecule has 2 aromatic carbocycles. The molecule has 0 radical (unpaired) electrons. The van der Waals surface area contributed by atoms with Crippen LogP contribution in [-0.4, -0.2) is 13.3 Å². The van der Waals surface area contributed by atoms with E-state index in [2.05, 4.69) is 0 Å². The molecule has 0 spiro atoms. The van der Waals surface area contributed by atoms with Crippen LogP contribution in [0.1, 0.15) is 0 Å². The summed E-state index contributed by atoms with van der Waals surface area (Å²) in [6.07, 6.45) is 0. The minimum atomic E-state index is -4.31. The summed E-state index contributed by atoms with van der Waals surface area (Å²) < 4.78 is 65.2. The van der Waals surface area contributed by atoms with Gasteiger partial charge in [-0.15, -0.1) is 0 Å². The van der Waals surface area contributed by atoms with Crippen molar-refractivity contribution in [3.8, 4) is 0 Å². The second-order valence-corrected chi connectivity index (χ2v) is 5.78. The minimum Gasteiger partial charge on any atom is -0.276 e. The first-order valence-corrected chi connectivity index (χ1v) is 7.11. The fraction of sp³-hybridized carbons (Fsp3) is 0. The van der Waals surface area contributed by atoms with E-state index in [0.717, 1.165) is 24.3 Å². The lowest BCUT2D eigenvalue weighted by atomic mass is 10.2. The van der Waals surface area contributed by atoms with E-state index in [1.807, 2.05) is 0 Å². The van der Waals surface area contributed by atoms with E-state index in [1.54, 1.807) is 4.72 Å². The zero-order valence-electron chi connectivity index (χ0n) is 10.6. The number of nitro benzene ring substituents is 1. The van der Waals surface area contributed by atoms with Gasteiger partial charge in [0.1, 0.15) is 5.82 Å². The summed E-state index contributed by atoms with van der Waals surface area (Å²) in [4.78, 5) is 9.07. The molecule has 116 valence electrons. The lowest BCUT2D eigenvalue weighted by Gasteiger charge is -2.09. The number of nitrogens with zero attached hydrogens (tertiary/aromatic N) is 1. The molecule has 2 aromatic rings. The van der Waals surface area contributed by atoms with Gasteiger partial charge in [0, 0.05) is 12.1 Å². The van der Waals surface area contributed by atoms with Crippen molar-refractivity contribution in [2.75, 3.05) is 4.72 Å². The van der Waals surface area contributed by atoms with Crippen LogP contribution in [0.3, 0.4) is 0 Å². The maximum Gasteiger partial charge on any atom is 0.307 e. The van der Waals surface area contributed by atoms with Crippen molar-refractivity contribution in [2.45, 2.75) is 4.90 Å². The van der Waals surface area contributed by atoms with E-state index in [1.165, 1.54) is 0 Å². The summed E-state index contributed by atoms with van der Waals surface area (Å²) in [6.45, 7) is 0.